The lowest BCUT2D eigenvalue weighted by molar-refractivity contribution is -0.137. The second-order valence-corrected chi connectivity index (χ2v) is 4.48. The summed E-state index contributed by atoms with van der Waals surface area (Å²) in [6.45, 7) is 1.19. The van der Waals surface area contributed by atoms with E-state index in [0.717, 1.165) is 5.56 Å². The SMILES string of the molecule is COCCOCCC(=O)NC(CC(=O)O)c1ccccc1. The summed E-state index contributed by atoms with van der Waals surface area (Å²) in [4.78, 5) is 22.7. The van der Waals surface area contributed by atoms with Crippen LogP contribution in [0.2, 0.25) is 0 Å². The lowest BCUT2D eigenvalue weighted by Gasteiger charge is -2.17. The molecule has 1 unspecified atom stereocenters. The number of ether oxygens (including phenoxy) is 2. The summed E-state index contributed by atoms with van der Waals surface area (Å²) in [6, 6.07) is 8.52. The average Bonchev–Trinajstić information content (AvgIpc) is 2.47. The molecule has 1 aromatic rings. The van der Waals surface area contributed by atoms with Crippen molar-refractivity contribution in [2.75, 3.05) is 26.9 Å². The number of aliphatic carboxylic acids is 1. The van der Waals surface area contributed by atoms with Crippen molar-refractivity contribution < 1.29 is 24.2 Å². The van der Waals surface area contributed by atoms with E-state index in [1.807, 2.05) is 18.2 Å². The summed E-state index contributed by atoms with van der Waals surface area (Å²) < 4.78 is 10.0. The van der Waals surface area contributed by atoms with Gasteiger partial charge in [0.2, 0.25) is 5.91 Å². The van der Waals surface area contributed by atoms with Crippen molar-refractivity contribution in [2.45, 2.75) is 18.9 Å². The number of carbonyl (C=O) groups excluding carboxylic acids is 1. The van der Waals surface area contributed by atoms with E-state index in [-0.39, 0.29) is 25.4 Å². The molecule has 21 heavy (non-hydrogen) atoms. The van der Waals surface area contributed by atoms with Gasteiger partial charge in [0.1, 0.15) is 0 Å². The van der Waals surface area contributed by atoms with Crippen molar-refractivity contribution in [1.82, 2.24) is 5.32 Å². The molecule has 0 radical (unpaired) electrons. The number of nitrogens with one attached hydrogen (secondary N) is 1. The molecular weight excluding hydrogens is 274 g/mol. The normalized spacial score (nSPS) is 11.9. The van der Waals surface area contributed by atoms with E-state index in [9.17, 15) is 9.59 Å². The maximum atomic E-state index is 11.8. The molecule has 116 valence electrons. The van der Waals surface area contributed by atoms with E-state index < -0.39 is 12.0 Å². The molecule has 0 fully saturated rings. The van der Waals surface area contributed by atoms with E-state index in [0.29, 0.717) is 13.2 Å². The summed E-state index contributed by atoms with van der Waals surface area (Å²) in [6.07, 6.45) is 0.0347. The molecule has 6 heteroatoms. The molecule has 0 aliphatic rings. The molecule has 0 aliphatic heterocycles. The fourth-order valence-electron chi connectivity index (χ4n) is 1.79. The summed E-state index contributed by atoms with van der Waals surface area (Å²) in [5.41, 5.74) is 0.772. The quantitative estimate of drug-likeness (QED) is 0.637. The van der Waals surface area contributed by atoms with Crippen LogP contribution < -0.4 is 5.32 Å². The summed E-state index contributed by atoms with van der Waals surface area (Å²) in [5, 5.41) is 11.7. The molecule has 0 spiro atoms. The van der Waals surface area contributed by atoms with Crippen molar-refractivity contribution in [3.05, 3.63) is 35.9 Å². The van der Waals surface area contributed by atoms with Crippen LogP contribution >= 0.6 is 0 Å². The van der Waals surface area contributed by atoms with E-state index >= 15 is 0 Å². The largest absolute Gasteiger partial charge is 0.481 e. The lowest BCUT2D eigenvalue weighted by atomic mass is 10.0. The first-order chi connectivity index (χ1) is 10.1. The minimum atomic E-state index is -0.958. The molecule has 1 aromatic carbocycles. The highest BCUT2D eigenvalue weighted by atomic mass is 16.5. The highest BCUT2D eigenvalue weighted by Gasteiger charge is 2.17. The topological polar surface area (TPSA) is 84.9 Å². The Kier molecular flexibility index (Phi) is 8.08. The van der Waals surface area contributed by atoms with Crippen LogP contribution in [0.25, 0.3) is 0 Å². The number of methoxy groups -OCH3 is 1. The number of carboxylic acids is 1. The highest BCUT2D eigenvalue weighted by molar-refractivity contribution is 5.77. The summed E-state index contributed by atoms with van der Waals surface area (Å²) in [5.74, 6) is -1.19. The first-order valence-electron chi connectivity index (χ1n) is 6.76. The Bertz CT molecular complexity index is 435. The fourth-order valence-corrected chi connectivity index (χ4v) is 1.79. The Hall–Kier alpha value is -1.92. The molecule has 0 aliphatic carbocycles. The Balaban J connectivity index is 2.45. The fraction of sp³-hybridized carbons (Fsp3) is 0.467. The summed E-state index contributed by atoms with van der Waals surface area (Å²) in [7, 11) is 1.58. The predicted octanol–water partition coefficient (Wildman–Crippen LogP) is 1.37. The Morgan fingerprint density at radius 1 is 1.19 bits per heavy atom. The minimum Gasteiger partial charge on any atom is -0.481 e. The molecular formula is C15H21NO5. The van der Waals surface area contributed by atoms with Gasteiger partial charge >= 0.3 is 5.97 Å². The van der Waals surface area contributed by atoms with E-state index in [2.05, 4.69) is 5.32 Å². The van der Waals surface area contributed by atoms with Gasteiger partial charge in [0.05, 0.1) is 32.3 Å². The molecule has 1 rings (SSSR count). The zero-order valence-electron chi connectivity index (χ0n) is 12.1. The monoisotopic (exact) mass is 295 g/mol. The predicted molar refractivity (Wildman–Crippen MR) is 76.9 cm³/mol. The Labute approximate surface area is 124 Å². The standard InChI is InChI=1S/C15H21NO5/c1-20-9-10-21-8-7-14(17)16-13(11-15(18)19)12-5-3-2-4-6-12/h2-6,13H,7-11H2,1H3,(H,16,17)(H,18,19). The molecule has 0 saturated heterocycles. The Morgan fingerprint density at radius 3 is 2.52 bits per heavy atom. The van der Waals surface area contributed by atoms with Crippen molar-refractivity contribution in [3.8, 4) is 0 Å². The first kappa shape index (κ1) is 17.1. The smallest absolute Gasteiger partial charge is 0.305 e. The van der Waals surface area contributed by atoms with Crippen LogP contribution in [0.15, 0.2) is 30.3 Å². The molecule has 0 aromatic heterocycles. The van der Waals surface area contributed by atoms with Crippen LogP contribution in [0.1, 0.15) is 24.4 Å². The number of carboxylic acid groups (broad SMARTS) is 1. The number of carbonyl (C=O) groups is 2. The molecule has 1 atom stereocenters. The van der Waals surface area contributed by atoms with Gasteiger partial charge in [0, 0.05) is 13.5 Å². The third-order valence-electron chi connectivity index (χ3n) is 2.82. The van der Waals surface area contributed by atoms with Crippen molar-refractivity contribution >= 4 is 11.9 Å². The van der Waals surface area contributed by atoms with Crippen LogP contribution in [0.4, 0.5) is 0 Å². The number of rotatable bonds is 10. The number of benzene rings is 1. The molecule has 6 nitrogen and oxygen atoms in total. The van der Waals surface area contributed by atoms with Gasteiger partial charge in [-0.25, -0.2) is 0 Å². The van der Waals surface area contributed by atoms with Crippen molar-refractivity contribution in [3.63, 3.8) is 0 Å². The van der Waals surface area contributed by atoms with Gasteiger partial charge in [0.15, 0.2) is 0 Å². The van der Waals surface area contributed by atoms with Crippen LogP contribution in [-0.4, -0.2) is 43.9 Å². The average molecular weight is 295 g/mol. The van der Waals surface area contributed by atoms with Crippen molar-refractivity contribution in [1.29, 1.82) is 0 Å². The third kappa shape index (κ3) is 7.43. The van der Waals surface area contributed by atoms with Gasteiger partial charge in [-0.15, -0.1) is 0 Å². The lowest BCUT2D eigenvalue weighted by Crippen LogP contribution is -2.30. The minimum absolute atomic E-state index is 0.152. The van der Waals surface area contributed by atoms with E-state index in [1.165, 1.54) is 0 Å². The van der Waals surface area contributed by atoms with Gasteiger partial charge in [-0.2, -0.15) is 0 Å². The molecule has 0 heterocycles. The first-order valence-corrected chi connectivity index (χ1v) is 6.76. The zero-order valence-corrected chi connectivity index (χ0v) is 12.1. The molecule has 2 N–H and O–H groups in total. The second-order valence-electron chi connectivity index (χ2n) is 4.48. The Morgan fingerprint density at radius 2 is 1.90 bits per heavy atom. The van der Waals surface area contributed by atoms with Crippen LogP contribution in [0, 0.1) is 0 Å². The summed E-state index contributed by atoms with van der Waals surface area (Å²) >= 11 is 0. The molecule has 0 saturated carbocycles. The number of hydrogen-bond donors (Lipinski definition) is 2. The molecule has 1 amide bonds. The number of amides is 1. The third-order valence-corrected chi connectivity index (χ3v) is 2.82. The van der Waals surface area contributed by atoms with E-state index in [1.54, 1.807) is 19.2 Å². The van der Waals surface area contributed by atoms with Gasteiger partial charge in [-0.1, -0.05) is 30.3 Å². The van der Waals surface area contributed by atoms with Crippen LogP contribution in [0.3, 0.4) is 0 Å². The van der Waals surface area contributed by atoms with E-state index in [4.69, 9.17) is 14.6 Å². The van der Waals surface area contributed by atoms with Gasteiger partial charge in [-0.3, -0.25) is 9.59 Å². The maximum Gasteiger partial charge on any atom is 0.305 e. The molecule has 0 bridgehead atoms. The van der Waals surface area contributed by atoms with Gasteiger partial charge in [0.25, 0.3) is 0 Å². The van der Waals surface area contributed by atoms with Crippen molar-refractivity contribution in [2.24, 2.45) is 0 Å². The zero-order chi connectivity index (χ0) is 15.5. The van der Waals surface area contributed by atoms with Crippen LogP contribution in [-0.2, 0) is 19.1 Å². The van der Waals surface area contributed by atoms with Crippen LogP contribution in [0.5, 0.6) is 0 Å². The number of hydrogen-bond acceptors (Lipinski definition) is 4. The maximum absolute atomic E-state index is 11.8. The highest BCUT2D eigenvalue weighted by Crippen LogP contribution is 2.16. The second kappa shape index (κ2) is 9.90. The van der Waals surface area contributed by atoms with Gasteiger partial charge in [-0.05, 0) is 5.56 Å². The van der Waals surface area contributed by atoms with Gasteiger partial charge < -0.3 is 19.9 Å².